The van der Waals surface area contributed by atoms with Crippen molar-refractivity contribution in [2.45, 2.75) is 102 Å². The van der Waals surface area contributed by atoms with Crippen molar-refractivity contribution in [2.75, 3.05) is 51.2 Å². The van der Waals surface area contributed by atoms with Crippen LogP contribution in [0.4, 0.5) is 5.69 Å². The molecule has 4 heterocycles. The van der Waals surface area contributed by atoms with Crippen LogP contribution in [0.25, 0.3) is 21.8 Å². The summed E-state index contributed by atoms with van der Waals surface area (Å²) in [4.78, 5) is 115. The number of H-pyrrole nitrogens is 2. The Morgan fingerprint density at radius 1 is 0.811 bits per heavy atom. The second-order valence-corrected chi connectivity index (χ2v) is 18.6. The summed E-state index contributed by atoms with van der Waals surface area (Å²) in [6.07, 6.45) is 8.93. The molecule has 0 bridgehead atoms. The molecule has 0 saturated carbocycles. The molecule has 15 N–H and O–H groups in total. The van der Waals surface area contributed by atoms with Crippen LogP contribution >= 0.6 is 0 Å². The van der Waals surface area contributed by atoms with Crippen molar-refractivity contribution < 1.29 is 28.8 Å². The fourth-order valence-corrected chi connectivity index (χ4v) is 8.85. The summed E-state index contributed by atoms with van der Waals surface area (Å²) >= 11 is 0. The summed E-state index contributed by atoms with van der Waals surface area (Å²) in [5, 5.41) is 25.2. The number of aromatic nitrogens is 5. The number of carbonyl (C=O) groups excluding carboxylic acids is 6. The van der Waals surface area contributed by atoms with Gasteiger partial charge in [0.05, 0.1) is 35.3 Å². The Balaban J connectivity index is 1.14. The fraction of sp³-hybridized carbons (Fsp3) is 0.480. The lowest BCUT2D eigenvalue weighted by Gasteiger charge is -2.38. The van der Waals surface area contributed by atoms with Crippen molar-refractivity contribution in [3.05, 3.63) is 89.1 Å². The molecule has 0 radical (unpaired) electrons. The van der Waals surface area contributed by atoms with Crippen LogP contribution in [-0.4, -0.2) is 147 Å². The van der Waals surface area contributed by atoms with Gasteiger partial charge in [-0.05, 0) is 74.4 Å². The first-order valence-electron chi connectivity index (χ1n) is 25.1. The number of nitrogens with zero attached hydrogens (tertiary/aromatic N) is 5. The van der Waals surface area contributed by atoms with Crippen molar-refractivity contribution in [3.8, 4) is 0 Å². The van der Waals surface area contributed by atoms with Crippen LogP contribution in [0, 0.1) is 11.3 Å². The summed E-state index contributed by atoms with van der Waals surface area (Å²) in [6, 6.07) is 7.82. The normalized spacial score (nSPS) is 15.0. The zero-order valence-corrected chi connectivity index (χ0v) is 42.2. The van der Waals surface area contributed by atoms with Gasteiger partial charge in [-0.1, -0.05) is 38.5 Å². The third kappa shape index (κ3) is 14.9. The van der Waals surface area contributed by atoms with E-state index in [-0.39, 0.29) is 61.3 Å². The first-order valence-corrected chi connectivity index (χ1v) is 25.1. The number of nitrogens with two attached hydrogens (primary N) is 3. The van der Waals surface area contributed by atoms with Gasteiger partial charge in [0.1, 0.15) is 30.7 Å². The van der Waals surface area contributed by atoms with Crippen LogP contribution in [0.5, 0.6) is 0 Å². The zero-order valence-electron chi connectivity index (χ0n) is 42.2. The van der Waals surface area contributed by atoms with E-state index in [0.717, 1.165) is 27.5 Å². The van der Waals surface area contributed by atoms with Crippen molar-refractivity contribution in [1.82, 2.24) is 61.3 Å². The minimum absolute atomic E-state index is 0.0408. The van der Waals surface area contributed by atoms with Gasteiger partial charge < -0.3 is 68.9 Å². The van der Waals surface area contributed by atoms with Crippen molar-refractivity contribution in [3.63, 3.8) is 0 Å². The number of hydrogen-bond acceptors (Lipinski definition) is 13. The average molecular weight is 1020 g/mol. The SMILES string of the molecule is CC[C@H](C)[C@H](N)C(=O)N[C@@H](CCCCN)C(=O)N1CCN(c2ccc3ncn(CC(=O)N[C@@H](CCCNC(=N)N)C(=O)N[C@@H](Cc4c[nH]cn4)C(=O)N[C@@H](Cc4c[nH]c5ccccc45)C(=O)NC)c(=O)c3c2)CC1. The lowest BCUT2D eigenvalue weighted by atomic mass is 9.98. The molecule has 6 atom stereocenters. The Kier molecular flexibility index (Phi) is 20.0. The Morgan fingerprint density at radius 2 is 1.51 bits per heavy atom. The summed E-state index contributed by atoms with van der Waals surface area (Å²) in [7, 11) is 1.46. The zero-order chi connectivity index (χ0) is 53.3. The molecule has 6 amide bonds. The molecule has 1 aliphatic heterocycles. The summed E-state index contributed by atoms with van der Waals surface area (Å²) in [6.45, 7) is 5.63. The standard InChI is InChI=1S/C50H71N17O7/c1-4-30(2)43(52)47(72)62-39(12-7-8-16-51)49(74)66-20-18-65(19-21-66)33-14-15-37-35(24-33)48(73)67(29-60-37)27-42(68)61-38(13-9-17-57-50(53)54)45(70)64-41(23-32-26-56-28-59-32)46(71)63-40(44(69)55-3)22-31-25-58-36-11-6-5-10-34(31)36/h5-6,10-11,14-15,24-26,28-30,38-41,43,58H,4,7-9,12-13,16-23,27,51-52H2,1-3H3,(H,55,69)(H,56,59)(H,61,68)(H,62,72)(H,63,71)(H,64,70)(H4,53,54,57)/t30-,38-,39-,40-,41-,43-/m0/s1. The molecule has 24 heteroatoms. The van der Waals surface area contributed by atoms with Gasteiger partial charge in [-0.15, -0.1) is 0 Å². The summed E-state index contributed by atoms with van der Waals surface area (Å²) in [5.41, 5.74) is 20.1. The number of imidazole rings is 1. The number of amides is 6. The van der Waals surface area contributed by atoms with E-state index in [1.807, 2.05) is 49.1 Å². The predicted octanol–water partition coefficient (Wildman–Crippen LogP) is -0.814. The molecule has 1 fully saturated rings. The number of nitrogens with one attached hydrogen (secondary N) is 9. The van der Waals surface area contributed by atoms with Gasteiger partial charge in [0.25, 0.3) is 5.56 Å². The highest BCUT2D eigenvalue weighted by molar-refractivity contribution is 5.95. The summed E-state index contributed by atoms with van der Waals surface area (Å²) < 4.78 is 1.14. The number of likely N-dealkylation sites (N-methyl/N-ethyl adjacent to an activating group) is 1. The highest BCUT2D eigenvalue weighted by Gasteiger charge is 2.33. The fourth-order valence-electron chi connectivity index (χ4n) is 8.85. The summed E-state index contributed by atoms with van der Waals surface area (Å²) in [5.74, 6) is -3.43. The Morgan fingerprint density at radius 3 is 2.20 bits per heavy atom. The van der Waals surface area contributed by atoms with Gasteiger partial charge in [0.15, 0.2) is 5.96 Å². The maximum Gasteiger partial charge on any atom is 0.261 e. The number of benzene rings is 2. The molecule has 1 aliphatic rings. The molecule has 0 spiro atoms. The molecule has 398 valence electrons. The molecule has 5 aromatic rings. The number of unbranched alkanes of at least 4 members (excludes halogenated alkanes) is 1. The third-order valence-corrected chi connectivity index (χ3v) is 13.4. The molecule has 0 aliphatic carbocycles. The molecule has 74 heavy (non-hydrogen) atoms. The van der Waals surface area contributed by atoms with E-state index in [9.17, 15) is 33.6 Å². The molecule has 3 aromatic heterocycles. The Bertz CT molecular complexity index is 2790. The minimum atomic E-state index is -1.25. The smallest absolute Gasteiger partial charge is 0.261 e. The van der Waals surface area contributed by atoms with E-state index < -0.39 is 65.9 Å². The van der Waals surface area contributed by atoms with Gasteiger partial charge in [-0.3, -0.25) is 43.5 Å². The average Bonchev–Trinajstić information content (AvgIpc) is 4.08. The second-order valence-electron chi connectivity index (χ2n) is 18.6. The van der Waals surface area contributed by atoms with Crippen LogP contribution in [0.3, 0.4) is 0 Å². The number of aromatic amines is 2. The molecule has 6 rings (SSSR count). The largest absolute Gasteiger partial charge is 0.370 e. The number of guanidine groups is 1. The Hall–Kier alpha value is -7.86. The van der Waals surface area contributed by atoms with Gasteiger partial charge in [0, 0.05) is 81.6 Å². The maximum absolute atomic E-state index is 14.2. The maximum atomic E-state index is 14.2. The van der Waals surface area contributed by atoms with Gasteiger partial charge in [-0.2, -0.15) is 0 Å². The van der Waals surface area contributed by atoms with E-state index in [1.165, 1.54) is 19.7 Å². The number of fused-ring (bicyclic) bond motifs is 2. The van der Waals surface area contributed by atoms with E-state index in [2.05, 4.69) is 51.8 Å². The number of carbonyl (C=O) groups is 6. The van der Waals surface area contributed by atoms with Crippen LogP contribution in [0.2, 0.25) is 0 Å². The van der Waals surface area contributed by atoms with Crippen LogP contribution in [0.15, 0.2) is 72.3 Å². The number of para-hydroxylation sites is 1. The lowest BCUT2D eigenvalue weighted by molar-refractivity contribution is -0.137. The van der Waals surface area contributed by atoms with E-state index in [1.54, 1.807) is 29.4 Å². The second kappa shape index (κ2) is 26.7. The van der Waals surface area contributed by atoms with Crippen LogP contribution in [0.1, 0.15) is 63.6 Å². The topological polar surface area (TPSA) is 362 Å². The first kappa shape index (κ1) is 55.5. The van der Waals surface area contributed by atoms with Crippen LogP contribution < -0.4 is 59.6 Å². The number of rotatable bonds is 26. The predicted molar refractivity (Wildman–Crippen MR) is 280 cm³/mol. The monoisotopic (exact) mass is 1020 g/mol. The Labute approximate surface area is 428 Å². The number of hydrogen-bond donors (Lipinski definition) is 12. The van der Waals surface area contributed by atoms with Gasteiger partial charge in [-0.25, -0.2) is 9.97 Å². The van der Waals surface area contributed by atoms with Crippen molar-refractivity contribution in [2.24, 2.45) is 23.1 Å². The quantitative estimate of drug-likeness (QED) is 0.0183. The lowest BCUT2D eigenvalue weighted by Crippen LogP contribution is -2.57. The molecule has 0 unspecified atom stereocenters. The molecule has 2 aromatic carbocycles. The third-order valence-electron chi connectivity index (χ3n) is 13.4. The van der Waals surface area contributed by atoms with Gasteiger partial charge >= 0.3 is 0 Å². The van der Waals surface area contributed by atoms with E-state index >= 15 is 0 Å². The van der Waals surface area contributed by atoms with Crippen molar-refractivity contribution in [1.29, 1.82) is 5.41 Å². The highest BCUT2D eigenvalue weighted by Crippen LogP contribution is 2.22. The molecular weight excluding hydrogens is 951 g/mol. The van der Waals surface area contributed by atoms with Gasteiger partial charge in [0.2, 0.25) is 35.4 Å². The van der Waals surface area contributed by atoms with Crippen molar-refractivity contribution >= 4 is 68.9 Å². The number of piperazine rings is 1. The molecular formula is C50H71N17O7. The van der Waals surface area contributed by atoms with E-state index in [4.69, 9.17) is 22.6 Å². The highest BCUT2D eigenvalue weighted by atomic mass is 16.2. The first-order chi connectivity index (χ1) is 35.6. The van der Waals surface area contributed by atoms with E-state index in [0.29, 0.717) is 68.9 Å². The van der Waals surface area contributed by atoms with Crippen LogP contribution in [-0.2, 0) is 48.2 Å². The minimum Gasteiger partial charge on any atom is -0.370 e. The number of anilines is 1. The molecule has 24 nitrogen and oxygen atoms in total. The molecule has 1 saturated heterocycles.